The fraction of sp³-hybridized carbons (Fsp3) is 0.300. The average Bonchev–Trinajstić information content (AvgIpc) is 2.12. The smallest absolute Gasteiger partial charge is 0.226 e. The predicted octanol–water partition coefficient (Wildman–Crippen LogP) is 3.59. The number of nitrogens with one attached hydrogen (secondary N) is 1. The number of carbonyl (C=O) groups excluding carboxylic acids is 1. The third kappa shape index (κ3) is 2.63. The number of hydrogen-bond acceptors (Lipinski definition) is 1. The van der Waals surface area contributed by atoms with Gasteiger partial charge in [0.15, 0.2) is 0 Å². The fourth-order valence-corrected chi connectivity index (χ4v) is 1.23. The first-order valence-electron chi connectivity index (χ1n) is 4.27. The highest BCUT2D eigenvalue weighted by atomic mass is 35.5. The molecule has 1 amide bonds. The predicted molar refractivity (Wildman–Crippen MR) is 59.9 cm³/mol. The number of benzene rings is 1. The molecular formula is C10H11Cl2NO. The lowest BCUT2D eigenvalue weighted by Gasteiger charge is -2.09. The van der Waals surface area contributed by atoms with Crippen molar-refractivity contribution in [2.24, 2.45) is 5.92 Å². The molecule has 0 atom stereocenters. The highest BCUT2D eigenvalue weighted by Gasteiger charge is 2.10. The van der Waals surface area contributed by atoms with Gasteiger partial charge in [0.05, 0.1) is 15.7 Å². The molecule has 76 valence electrons. The second kappa shape index (κ2) is 4.67. The van der Waals surface area contributed by atoms with Gasteiger partial charge >= 0.3 is 0 Å². The van der Waals surface area contributed by atoms with Crippen LogP contribution in [-0.4, -0.2) is 5.91 Å². The summed E-state index contributed by atoms with van der Waals surface area (Å²) in [4.78, 5) is 11.4. The van der Waals surface area contributed by atoms with Crippen molar-refractivity contribution in [2.45, 2.75) is 13.8 Å². The van der Waals surface area contributed by atoms with Crippen LogP contribution in [0.25, 0.3) is 0 Å². The summed E-state index contributed by atoms with van der Waals surface area (Å²) >= 11 is 11.7. The van der Waals surface area contributed by atoms with Gasteiger partial charge in [0.25, 0.3) is 0 Å². The number of carbonyl (C=O) groups is 1. The van der Waals surface area contributed by atoms with Gasteiger partial charge in [0.1, 0.15) is 0 Å². The summed E-state index contributed by atoms with van der Waals surface area (Å²) in [6.45, 7) is 3.63. The van der Waals surface area contributed by atoms with Crippen molar-refractivity contribution in [2.75, 3.05) is 5.32 Å². The third-order valence-corrected chi connectivity index (χ3v) is 2.55. The molecule has 0 aliphatic heterocycles. The zero-order valence-electron chi connectivity index (χ0n) is 7.97. The Morgan fingerprint density at radius 1 is 1.36 bits per heavy atom. The van der Waals surface area contributed by atoms with Crippen LogP contribution in [0.1, 0.15) is 13.8 Å². The van der Waals surface area contributed by atoms with Gasteiger partial charge in [-0.3, -0.25) is 4.79 Å². The second-order valence-electron chi connectivity index (χ2n) is 3.25. The monoisotopic (exact) mass is 231 g/mol. The molecule has 2 nitrogen and oxygen atoms in total. The Hall–Kier alpha value is -0.730. The lowest BCUT2D eigenvalue weighted by molar-refractivity contribution is -0.118. The highest BCUT2D eigenvalue weighted by molar-refractivity contribution is 6.43. The molecule has 0 saturated carbocycles. The largest absolute Gasteiger partial charge is 0.325 e. The van der Waals surface area contributed by atoms with E-state index in [0.717, 1.165) is 0 Å². The van der Waals surface area contributed by atoms with Crippen molar-refractivity contribution in [3.63, 3.8) is 0 Å². The zero-order chi connectivity index (χ0) is 10.7. The standard InChI is InChI=1S/C10H11Cl2NO/c1-6(2)10(14)13-8-5-3-4-7(11)9(8)12/h3-6H,1-2H3,(H,13,14). The Kier molecular flexibility index (Phi) is 3.78. The Morgan fingerprint density at radius 2 is 2.00 bits per heavy atom. The van der Waals surface area contributed by atoms with Crippen molar-refractivity contribution >= 4 is 34.8 Å². The van der Waals surface area contributed by atoms with E-state index in [2.05, 4.69) is 5.32 Å². The Labute approximate surface area is 93.2 Å². The summed E-state index contributed by atoms with van der Waals surface area (Å²) in [6.07, 6.45) is 0. The van der Waals surface area contributed by atoms with Crippen LogP contribution in [-0.2, 0) is 4.79 Å². The van der Waals surface area contributed by atoms with Crippen LogP contribution in [0.2, 0.25) is 10.0 Å². The van der Waals surface area contributed by atoms with Crippen molar-refractivity contribution in [1.82, 2.24) is 0 Å². The van der Waals surface area contributed by atoms with Gasteiger partial charge in [-0.2, -0.15) is 0 Å². The molecule has 1 N–H and O–H groups in total. The van der Waals surface area contributed by atoms with Gasteiger partial charge < -0.3 is 5.32 Å². The number of rotatable bonds is 2. The maximum Gasteiger partial charge on any atom is 0.226 e. The quantitative estimate of drug-likeness (QED) is 0.829. The second-order valence-corrected chi connectivity index (χ2v) is 4.03. The molecule has 1 aromatic carbocycles. The summed E-state index contributed by atoms with van der Waals surface area (Å²) in [5.41, 5.74) is 0.554. The van der Waals surface area contributed by atoms with Crippen LogP contribution in [0.5, 0.6) is 0 Å². The Morgan fingerprint density at radius 3 is 2.57 bits per heavy atom. The molecule has 0 radical (unpaired) electrons. The maximum absolute atomic E-state index is 11.4. The number of amides is 1. The Bertz CT molecular complexity index is 350. The van der Waals surface area contributed by atoms with Gasteiger partial charge in [0, 0.05) is 5.92 Å². The van der Waals surface area contributed by atoms with Crippen molar-refractivity contribution < 1.29 is 4.79 Å². The zero-order valence-corrected chi connectivity index (χ0v) is 9.49. The molecule has 0 spiro atoms. The van der Waals surface area contributed by atoms with Gasteiger partial charge in [-0.1, -0.05) is 43.1 Å². The molecule has 1 aromatic rings. The van der Waals surface area contributed by atoms with Crippen LogP contribution in [0.4, 0.5) is 5.69 Å². The van der Waals surface area contributed by atoms with Crippen molar-refractivity contribution in [3.05, 3.63) is 28.2 Å². The average molecular weight is 232 g/mol. The normalized spacial score (nSPS) is 10.4. The van der Waals surface area contributed by atoms with Crippen LogP contribution in [0.15, 0.2) is 18.2 Å². The SMILES string of the molecule is CC(C)C(=O)Nc1cccc(Cl)c1Cl. The minimum absolute atomic E-state index is 0.0748. The molecule has 4 heteroatoms. The molecule has 0 saturated heterocycles. The van der Waals surface area contributed by atoms with E-state index < -0.39 is 0 Å². The van der Waals surface area contributed by atoms with E-state index in [4.69, 9.17) is 23.2 Å². The van der Waals surface area contributed by atoms with E-state index >= 15 is 0 Å². The molecule has 14 heavy (non-hydrogen) atoms. The van der Waals surface area contributed by atoms with Gasteiger partial charge in [-0.25, -0.2) is 0 Å². The Balaban J connectivity index is 2.87. The van der Waals surface area contributed by atoms with E-state index in [-0.39, 0.29) is 11.8 Å². The van der Waals surface area contributed by atoms with E-state index in [1.54, 1.807) is 18.2 Å². The van der Waals surface area contributed by atoms with E-state index in [0.29, 0.717) is 15.7 Å². The first kappa shape index (κ1) is 11.3. The first-order chi connectivity index (χ1) is 6.52. The number of halogens is 2. The summed E-state index contributed by atoms with van der Waals surface area (Å²) in [5, 5.41) is 3.51. The first-order valence-corrected chi connectivity index (χ1v) is 5.03. The van der Waals surface area contributed by atoms with Gasteiger partial charge in [-0.05, 0) is 12.1 Å². The topological polar surface area (TPSA) is 29.1 Å². The number of hydrogen-bond donors (Lipinski definition) is 1. The van der Waals surface area contributed by atoms with Gasteiger partial charge in [0.2, 0.25) is 5.91 Å². The van der Waals surface area contributed by atoms with Crippen LogP contribution < -0.4 is 5.32 Å². The highest BCUT2D eigenvalue weighted by Crippen LogP contribution is 2.29. The summed E-state index contributed by atoms with van der Waals surface area (Å²) < 4.78 is 0. The molecule has 0 fully saturated rings. The summed E-state index contributed by atoms with van der Waals surface area (Å²) in [5.74, 6) is -0.154. The number of anilines is 1. The summed E-state index contributed by atoms with van der Waals surface area (Å²) in [7, 11) is 0. The van der Waals surface area contributed by atoms with Gasteiger partial charge in [-0.15, -0.1) is 0 Å². The van der Waals surface area contributed by atoms with E-state index in [1.165, 1.54) is 0 Å². The maximum atomic E-state index is 11.4. The van der Waals surface area contributed by atoms with Crippen molar-refractivity contribution in [3.8, 4) is 0 Å². The van der Waals surface area contributed by atoms with Crippen LogP contribution in [0.3, 0.4) is 0 Å². The lowest BCUT2D eigenvalue weighted by Crippen LogP contribution is -2.17. The molecule has 0 aliphatic rings. The lowest BCUT2D eigenvalue weighted by atomic mass is 10.2. The van der Waals surface area contributed by atoms with E-state index in [1.807, 2.05) is 13.8 Å². The molecule has 0 heterocycles. The van der Waals surface area contributed by atoms with Crippen LogP contribution in [0, 0.1) is 5.92 Å². The summed E-state index contributed by atoms with van der Waals surface area (Å²) in [6, 6.07) is 5.13. The van der Waals surface area contributed by atoms with Crippen molar-refractivity contribution in [1.29, 1.82) is 0 Å². The molecule has 0 bridgehead atoms. The van der Waals surface area contributed by atoms with E-state index in [9.17, 15) is 4.79 Å². The molecular weight excluding hydrogens is 221 g/mol. The fourth-order valence-electron chi connectivity index (χ4n) is 0.877. The molecule has 0 aromatic heterocycles. The minimum atomic E-state index is -0.0787. The molecule has 0 aliphatic carbocycles. The molecule has 1 rings (SSSR count). The minimum Gasteiger partial charge on any atom is -0.325 e. The third-order valence-electron chi connectivity index (χ3n) is 1.73. The molecule has 0 unspecified atom stereocenters. The van der Waals surface area contributed by atoms with Crippen LogP contribution >= 0.6 is 23.2 Å².